The van der Waals surface area contributed by atoms with Crippen LogP contribution in [0.4, 0.5) is 0 Å². The predicted octanol–water partition coefficient (Wildman–Crippen LogP) is 1.91. The van der Waals surface area contributed by atoms with E-state index in [1.165, 1.54) is 3.71 Å². The maximum absolute atomic E-state index is 11.4. The fraction of sp³-hybridized carbons (Fsp3) is 0.900. The van der Waals surface area contributed by atoms with Gasteiger partial charge in [-0.15, -0.1) is 12.6 Å². The van der Waals surface area contributed by atoms with Gasteiger partial charge in [0, 0.05) is 12.6 Å². The number of carbonyl (C=O) groups excluding carboxylic acids is 1. The van der Waals surface area contributed by atoms with Crippen LogP contribution in [0.2, 0.25) is 0 Å². The Morgan fingerprint density at radius 1 is 1.50 bits per heavy atom. The highest BCUT2D eigenvalue weighted by Crippen LogP contribution is 2.28. The Kier molecular flexibility index (Phi) is 7.23. The molecule has 3 atom stereocenters. The van der Waals surface area contributed by atoms with E-state index in [9.17, 15) is 4.79 Å². The quantitative estimate of drug-likeness (QED) is 0.561. The minimum atomic E-state index is -0.433. The first-order chi connectivity index (χ1) is 8.31. The first-order valence-corrected chi connectivity index (χ1v) is 7.46. The van der Waals surface area contributed by atoms with Gasteiger partial charge in [-0.05, 0) is 26.7 Å². The SMILES string of the molecule is CC(C)OC1CC(CC(C(=O)S)N(S)S)N(S)C1. The Hall–Kier alpha value is 0.950. The smallest absolute Gasteiger partial charge is 0.205 e. The summed E-state index contributed by atoms with van der Waals surface area (Å²) in [6.07, 6.45) is 1.81. The van der Waals surface area contributed by atoms with E-state index in [2.05, 4.69) is 51.1 Å². The van der Waals surface area contributed by atoms with Crippen LogP contribution >= 0.6 is 51.1 Å². The lowest BCUT2D eigenvalue weighted by Crippen LogP contribution is -2.34. The van der Waals surface area contributed by atoms with E-state index in [4.69, 9.17) is 4.74 Å². The lowest BCUT2D eigenvalue weighted by Gasteiger charge is -2.24. The normalized spacial score (nSPS) is 27.1. The van der Waals surface area contributed by atoms with Crippen LogP contribution in [0.1, 0.15) is 26.7 Å². The second kappa shape index (κ2) is 7.66. The molecular formula is C10H20N2O2S4. The molecule has 8 heteroatoms. The summed E-state index contributed by atoms with van der Waals surface area (Å²) in [5.41, 5.74) is 0. The summed E-state index contributed by atoms with van der Waals surface area (Å²) in [6, 6.07) is -0.266. The maximum atomic E-state index is 11.4. The standard InChI is InChI=1S/C10H20N2O2S4/c1-6(2)14-8-3-7(11(16)5-8)4-9(10(13)15)12(17)18/h6-9,16-18H,3-5H2,1-2H3,(H,13,15). The number of carbonyl (C=O) groups is 1. The molecule has 1 fully saturated rings. The zero-order chi connectivity index (χ0) is 13.9. The van der Waals surface area contributed by atoms with E-state index in [1.807, 2.05) is 18.2 Å². The van der Waals surface area contributed by atoms with Gasteiger partial charge >= 0.3 is 0 Å². The monoisotopic (exact) mass is 328 g/mol. The molecule has 18 heavy (non-hydrogen) atoms. The highest BCUT2D eigenvalue weighted by atomic mass is 32.2. The van der Waals surface area contributed by atoms with E-state index >= 15 is 0 Å². The van der Waals surface area contributed by atoms with Crippen LogP contribution in [0, 0.1) is 0 Å². The Morgan fingerprint density at radius 2 is 2.11 bits per heavy atom. The molecule has 0 spiro atoms. The van der Waals surface area contributed by atoms with Crippen molar-refractivity contribution in [2.45, 2.75) is 51.0 Å². The molecule has 1 aliphatic rings. The van der Waals surface area contributed by atoms with E-state index in [1.54, 1.807) is 0 Å². The van der Waals surface area contributed by atoms with Crippen LogP contribution < -0.4 is 0 Å². The Balaban J connectivity index is 2.54. The Morgan fingerprint density at radius 3 is 2.56 bits per heavy atom. The van der Waals surface area contributed by atoms with E-state index in [0.29, 0.717) is 6.42 Å². The highest BCUT2D eigenvalue weighted by molar-refractivity contribution is 7.97. The Bertz CT molecular complexity index is 291. The molecule has 0 aromatic rings. The van der Waals surface area contributed by atoms with Crippen molar-refractivity contribution < 1.29 is 9.53 Å². The molecule has 1 rings (SSSR count). The molecule has 0 N–H and O–H groups in total. The van der Waals surface area contributed by atoms with Crippen molar-refractivity contribution in [2.24, 2.45) is 0 Å². The molecule has 0 aliphatic carbocycles. The van der Waals surface area contributed by atoms with Crippen molar-refractivity contribution in [3.63, 3.8) is 0 Å². The van der Waals surface area contributed by atoms with Crippen molar-refractivity contribution in [3.8, 4) is 0 Å². The number of hydrogen-bond donors (Lipinski definition) is 4. The number of rotatable bonds is 6. The van der Waals surface area contributed by atoms with Crippen molar-refractivity contribution >= 4 is 56.2 Å². The van der Waals surface area contributed by atoms with Crippen LogP contribution in [0.15, 0.2) is 0 Å². The molecule has 0 aromatic heterocycles. The number of ether oxygens (including phenoxy) is 1. The van der Waals surface area contributed by atoms with Gasteiger partial charge in [0.25, 0.3) is 0 Å². The van der Waals surface area contributed by atoms with Gasteiger partial charge in [-0.1, -0.05) is 38.4 Å². The molecule has 106 valence electrons. The van der Waals surface area contributed by atoms with Crippen molar-refractivity contribution in [2.75, 3.05) is 6.54 Å². The fourth-order valence-electron chi connectivity index (χ4n) is 2.11. The van der Waals surface area contributed by atoms with Gasteiger partial charge < -0.3 is 4.74 Å². The molecule has 1 aliphatic heterocycles. The molecular weight excluding hydrogens is 308 g/mol. The lowest BCUT2D eigenvalue weighted by atomic mass is 10.1. The number of thiol groups is 4. The van der Waals surface area contributed by atoms with E-state index in [0.717, 1.165) is 13.0 Å². The van der Waals surface area contributed by atoms with Crippen LogP contribution in [0.3, 0.4) is 0 Å². The fourth-order valence-corrected chi connectivity index (χ4v) is 3.28. The second-order valence-corrected chi connectivity index (χ2v) is 6.86. The van der Waals surface area contributed by atoms with Gasteiger partial charge in [0.05, 0.1) is 12.2 Å². The summed E-state index contributed by atoms with van der Waals surface area (Å²) in [7, 11) is 0. The van der Waals surface area contributed by atoms with Gasteiger partial charge in [0.1, 0.15) is 6.04 Å². The topological polar surface area (TPSA) is 32.8 Å². The summed E-state index contributed by atoms with van der Waals surface area (Å²) in [5, 5.41) is -0.241. The van der Waals surface area contributed by atoms with Crippen molar-refractivity contribution in [1.29, 1.82) is 0 Å². The zero-order valence-electron chi connectivity index (χ0n) is 10.4. The molecule has 0 aromatic carbocycles. The van der Waals surface area contributed by atoms with Crippen LogP contribution in [-0.4, -0.2) is 44.0 Å². The molecule has 3 unspecified atom stereocenters. The number of nitrogens with zero attached hydrogens (tertiary/aromatic N) is 2. The van der Waals surface area contributed by atoms with Gasteiger partial charge in [0.15, 0.2) is 0 Å². The predicted molar refractivity (Wildman–Crippen MR) is 86.3 cm³/mol. The van der Waals surface area contributed by atoms with Crippen LogP contribution in [0.25, 0.3) is 0 Å². The molecule has 0 saturated carbocycles. The third-order valence-corrected chi connectivity index (χ3v) is 4.22. The van der Waals surface area contributed by atoms with Gasteiger partial charge in [-0.3, -0.25) is 4.79 Å². The van der Waals surface area contributed by atoms with E-state index < -0.39 is 6.04 Å². The second-order valence-electron chi connectivity index (χ2n) is 4.73. The van der Waals surface area contributed by atoms with E-state index in [-0.39, 0.29) is 23.4 Å². The maximum Gasteiger partial charge on any atom is 0.205 e. The minimum absolute atomic E-state index is 0.163. The molecule has 1 saturated heterocycles. The van der Waals surface area contributed by atoms with Crippen LogP contribution in [-0.2, 0) is 9.53 Å². The summed E-state index contributed by atoms with van der Waals surface area (Å²) >= 11 is 16.4. The van der Waals surface area contributed by atoms with Gasteiger partial charge in [0.2, 0.25) is 5.12 Å². The molecule has 0 radical (unpaired) electrons. The van der Waals surface area contributed by atoms with Crippen molar-refractivity contribution in [1.82, 2.24) is 8.02 Å². The largest absolute Gasteiger partial charge is 0.374 e. The average Bonchev–Trinajstić information content (AvgIpc) is 2.53. The molecule has 0 amide bonds. The Labute approximate surface area is 131 Å². The average molecular weight is 329 g/mol. The number of hydrogen-bond acceptors (Lipinski definition) is 7. The minimum Gasteiger partial charge on any atom is -0.374 e. The highest BCUT2D eigenvalue weighted by Gasteiger charge is 2.35. The third-order valence-electron chi connectivity index (χ3n) is 2.87. The van der Waals surface area contributed by atoms with Gasteiger partial charge in [-0.2, -0.15) is 3.71 Å². The summed E-state index contributed by atoms with van der Waals surface area (Å²) < 4.78 is 8.99. The third kappa shape index (κ3) is 5.15. The van der Waals surface area contributed by atoms with Crippen molar-refractivity contribution in [3.05, 3.63) is 0 Å². The van der Waals surface area contributed by atoms with Gasteiger partial charge in [-0.25, -0.2) is 4.31 Å². The zero-order valence-corrected chi connectivity index (χ0v) is 14.0. The molecule has 4 nitrogen and oxygen atoms in total. The summed E-state index contributed by atoms with van der Waals surface area (Å²) in [6.45, 7) is 4.79. The first-order valence-electron chi connectivity index (χ1n) is 5.82. The lowest BCUT2D eigenvalue weighted by molar-refractivity contribution is -0.113. The first kappa shape index (κ1) is 17.0. The molecule has 0 bridgehead atoms. The summed E-state index contributed by atoms with van der Waals surface area (Å²) in [5.74, 6) is 0. The summed E-state index contributed by atoms with van der Waals surface area (Å²) in [4.78, 5) is 11.4. The molecule has 1 heterocycles. The van der Waals surface area contributed by atoms with Crippen LogP contribution in [0.5, 0.6) is 0 Å².